The molecule has 17 heavy (non-hydrogen) atoms. The third-order valence-corrected chi connectivity index (χ3v) is 4.64. The first-order valence-electron chi connectivity index (χ1n) is 6.01. The van der Waals surface area contributed by atoms with Gasteiger partial charge in [-0.2, -0.15) is 0 Å². The molecule has 2 atom stereocenters. The second-order valence-electron chi connectivity index (χ2n) is 4.31. The highest BCUT2D eigenvalue weighted by molar-refractivity contribution is 8.00. The van der Waals surface area contributed by atoms with Crippen LogP contribution in [0.4, 0.5) is 5.69 Å². The van der Waals surface area contributed by atoms with Crippen LogP contribution in [-0.4, -0.2) is 32.0 Å². The van der Waals surface area contributed by atoms with Crippen LogP contribution >= 0.6 is 11.8 Å². The molecule has 1 aromatic rings. The molecule has 0 radical (unpaired) electrons. The minimum atomic E-state index is 0.470. The van der Waals surface area contributed by atoms with Gasteiger partial charge in [0.1, 0.15) is 5.75 Å². The Morgan fingerprint density at radius 3 is 3.00 bits per heavy atom. The highest BCUT2D eigenvalue weighted by Gasteiger charge is 2.26. The lowest BCUT2D eigenvalue weighted by Crippen LogP contribution is -2.34. The van der Waals surface area contributed by atoms with E-state index in [1.54, 1.807) is 7.11 Å². The number of benzene rings is 1. The van der Waals surface area contributed by atoms with E-state index in [0.717, 1.165) is 18.0 Å². The van der Waals surface area contributed by atoms with Crippen LogP contribution in [0.5, 0.6) is 5.75 Å². The van der Waals surface area contributed by atoms with Crippen LogP contribution in [0.25, 0.3) is 0 Å². The van der Waals surface area contributed by atoms with Gasteiger partial charge >= 0.3 is 0 Å². The van der Waals surface area contributed by atoms with E-state index in [-0.39, 0.29) is 0 Å². The van der Waals surface area contributed by atoms with Gasteiger partial charge in [-0.3, -0.25) is 0 Å². The maximum Gasteiger partial charge on any atom is 0.143 e. The Bertz CT molecular complexity index is 384. The fourth-order valence-corrected chi connectivity index (χ4v) is 3.37. The smallest absolute Gasteiger partial charge is 0.143 e. The molecule has 0 aliphatic carbocycles. The van der Waals surface area contributed by atoms with Crippen molar-refractivity contribution in [1.29, 1.82) is 0 Å². The molecule has 0 amide bonds. The lowest BCUT2D eigenvalue weighted by molar-refractivity contribution is 0.414. The molecular weight excluding hydrogens is 232 g/mol. The molecule has 0 saturated heterocycles. The van der Waals surface area contributed by atoms with Crippen molar-refractivity contribution in [2.75, 3.05) is 26.0 Å². The van der Waals surface area contributed by atoms with Crippen molar-refractivity contribution in [2.45, 2.75) is 29.5 Å². The molecule has 2 rings (SSSR count). The van der Waals surface area contributed by atoms with Crippen molar-refractivity contribution in [3.63, 3.8) is 0 Å². The Kier molecular flexibility index (Phi) is 4.18. The first kappa shape index (κ1) is 12.6. The molecule has 0 fully saturated rings. The SMILES string of the molecule is CNCCC1Sc2cccc(OC)c2NC1C. The monoisotopic (exact) mass is 252 g/mol. The molecule has 3 nitrogen and oxygen atoms in total. The van der Waals surface area contributed by atoms with Crippen molar-refractivity contribution in [1.82, 2.24) is 5.32 Å². The van der Waals surface area contributed by atoms with Crippen LogP contribution in [0.3, 0.4) is 0 Å². The van der Waals surface area contributed by atoms with E-state index in [1.165, 1.54) is 11.3 Å². The predicted molar refractivity (Wildman–Crippen MR) is 74.3 cm³/mol. The summed E-state index contributed by atoms with van der Waals surface area (Å²) in [5.41, 5.74) is 1.15. The van der Waals surface area contributed by atoms with Crippen molar-refractivity contribution in [2.24, 2.45) is 0 Å². The number of fused-ring (bicyclic) bond motifs is 1. The van der Waals surface area contributed by atoms with Crippen molar-refractivity contribution < 1.29 is 4.74 Å². The Morgan fingerprint density at radius 2 is 2.29 bits per heavy atom. The van der Waals surface area contributed by atoms with Crippen LogP contribution in [-0.2, 0) is 0 Å². The van der Waals surface area contributed by atoms with Crippen molar-refractivity contribution in [3.05, 3.63) is 18.2 Å². The van der Waals surface area contributed by atoms with Gasteiger partial charge in [-0.25, -0.2) is 0 Å². The number of thioether (sulfide) groups is 1. The molecule has 0 bridgehead atoms. The predicted octanol–water partition coefficient (Wildman–Crippen LogP) is 2.58. The Morgan fingerprint density at radius 1 is 1.47 bits per heavy atom. The van der Waals surface area contributed by atoms with Gasteiger partial charge in [0.25, 0.3) is 0 Å². The van der Waals surface area contributed by atoms with Gasteiger partial charge < -0.3 is 15.4 Å². The fourth-order valence-electron chi connectivity index (χ4n) is 2.10. The number of rotatable bonds is 4. The number of ether oxygens (including phenoxy) is 1. The van der Waals surface area contributed by atoms with E-state index in [0.29, 0.717) is 11.3 Å². The topological polar surface area (TPSA) is 33.3 Å². The lowest BCUT2D eigenvalue weighted by atomic mass is 10.1. The molecule has 1 heterocycles. The number of para-hydroxylation sites is 1. The van der Waals surface area contributed by atoms with E-state index < -0.39 is 0 Å². The number of nitrogens with one attached hydrogen (secondary N) is 2. The second-order valence-corrected chi connectivity index (χ2v) is 5.60. The third kappa shape index (κ3) is 2.69. The van der Waals surface area contributed by atoms with E-state index in [4.69, 9.17) is 4.74 Å². The summed E-state index contributed by atoms with van der Waals surface area (Å²) in [7, 11) is 3.72. The zero-order chi connectivity index (χ0) is 12.3. The molecule has 0 spiro atoms. The van der Waals surface area contributed by atoms with E-state index in [9.17, 15) is 0 Å². The summed E-state index contributed by atoms with van der Waals surface area (Å²) in [6.07, 6.45) is 1.17. The summed E-state index contributed by atoms with van der Waals surface area (Å²) >= 11 is 1.95. The lowest BCUT2D eigenvalue weighted by Gasteiger charge is -2.32. The quantitative estimate of drug-likeness (QED) is 0.863. The Labute approximate surface area is 107 Å². The summed E-state index contributed by atoms with van der Waals surface area (Å²) in [6, 6.07) is 6.69. The minimum absolute atomic E-state index is 0.470. The first-order chi connectivity index (χ1) is 8.26. The van der Waals surface area contributed by atoms with Gasteiger partial charge in [0.15, 0.2) is 0 Å². The van der Waals surface area contributed by atoms with Crippen LogP contribution in [0.15, 0.2) is 23.1 Å². The molecule has 2 unspecified atom stereocenters. The van der Waals surface area contributed by atoms with Gasteiger partial charge in [0.05, 0.1) is 12.8 Å². The molecule has 4 heteroatoms. The highest BCUT2D eigenvalue weighted by atomic mass is 32.2. The minimum Gasteiger partial charge on any atom is -0.495 e. The molecule has 2 N–H and O–H groups in total. The zero-order valence-corrected chi connectivity index (χ0v) is 11.4. The first-order valence-corrected chi connectivity index (χ1v) is 6.89. The maximum atomic E-state index is 5.39. The third-order valence-electron chi connectivity index (χ3n) is 3.09. The summed E-state index contributed by atoms with van der Waals surface area (Å²) in [6.45, 7) is 3.30. The number of hydrogen-bond acceptors (Lipinski definition) is 4. The van der Waals surface area contributed by atoms with Crippen LogP contribution in [0, 0.1) is 0 Å². The van der Waals surface area contributed by atoms with E-state index in [1.807, 2.05) is 24.9 Å². The molecule has 0 aromatic heterocycles. The average molecular weight is 252 g/mol. The number of methoxy groups -OCH3 is 1. The molecular formula is C13H20N2OS. The van der Waals surface area contributed by atoms with Crippen LogP contribution < -0.4 is 15.4 Å². The fraction of sp³-hybridized carbons (Fsp3) is 0.538. The average Bonchev–Trinajstić information content (AvgIpc) is 2.35. The standard InChI is InChI=1S/C13H20N2OS/c1-9-11(7-8-14-2)17-12-6-4-5-10(16-3)13(12)15-9/h4-6,9,11,14-15H,7-8H2,1-3H3. The van der Waals surface area contributed by atoms with Crippen molar-refractivity contribution in [3.8, 4) is 5.75 Å². The number of anilines is 1. The molecule has 0 saturated carbocycles. The largest absolute Gasteiger partial charge is 0.495 e. The van der Waals surface area contributed by atoms with E-state index in [2.05, 4.69) is 29.7 Å². The maximum absolute atomic E-state index is 5.39. The van der Waals surface area contributed by atoms with Gasteiger partial charge in [-0.1, -0.05) is 6.07 Å². The summed E-state index contributed by atoms with van der Waals surface area (Å²) in [5.74, 6) is 0.939. The van der Waals surface area contributed by atoms with Crippen molar-refractivity contribution >= 4 is 17.4 Å². The molecule has 1 aromatic carbocycles. The highest BCUT2D eigenvalue weighted by Crippen LogP contribution is 2.43. The van der Waals surface area contributed by atoms with E-state index >= 15 is 0 Å². The van der Waals surface area contributed by atoms with Crippen LogP contribution in [0.1, 0.15) is 13.3 Å². The Hall–Kier alpha value is -0.870. The Balaban J connectivity index is 2.17. The second kappa shape index (κ2) is 5.65. The normalized spacial score (nSPS) is 22.8. The summed E-state index contributed by atoms with van der Waals surface area (Å²) in [4.78, 5) is 1.29. The summed E-state index contributed by atoms with van der Waals surface area (Å²) < 4.78 is 5.39. The van der Waals surface area contributed by atoms with Gasteiger partial charge in [0.2, 0.25) is 0 Å². The zero-order valence-electron chi connectivity index (χ0n) is 10.6. The summed E-state index contributed by atoms with van der Waals surface area (Å²) in [5, 5.41) is 7.39. The van der Waals surface area contributed by atoms with Gasteiger partial charge in [-0.15, -0.1) is 11.8 Å². The molecule has 94 valence electrons. The number of hydrogen-bond donors (Lipinski definition) is 2. The molecule has 1 aliphatic heterocycles. The van der Waals surface area contributed by atoms with Crippen LogP contribution in [0.2, 0.25) is 0 Å². The van der Waals surface area contributed by atoms with Gasteiger partial charge in [0, 0.05) is 16.2 Å². The van der Waals surface area contributed by atoms with Gasteiger partial charge in [-0.05, 0) is 39.1 Å². The molecule has 1 aliphatic rings.